The van der Waals surface area contributed by atoms with Gasteiger partial charge in [-0.1, -0.05) is 0 Å². The van der Waals surface area contributed by atoms with Gasteiger partial charge in [0, 0.05) is 24.5 Å². The fourth-order valence-electron chi connectivity index (χ4n) is 0.925. The third-order valence-corrected chi connectivity index (χ3v) is 3.18. The Morgan fingerprint density at radius 2 is 2.25 bits per heavy atom. The smallest absolute Gasteiger partial charge is 0.0701 e. The van der Waals surface area contributed by atoms with Gasteiger partial charge in [-0.3, -0.25) is 0 Å². The van der Waals surface area contributed by atoms with E-state index in [1.54, 1.807) is 11.3 Å². The first-order valence-electron chi connectivity index (χ1n) is 3.98. The molecule has 0 unspecified atom stereocenters. The summed E-state index contributed by atoms with van der Waals surface area (Å²) in [6, 6.07) is 4.24. The molecule has 68 valence electrons. The minimum absolute atomic E-state index is 0.716. The van der Waals surface area contributed by atoms with Crippen molar-refractivity contribution in [2.24, 2.45) is 5.73 Å². The van der Waals surface area contributed by atoms with E-state index in [1.165, 1.54) is 8.66 Å². The van der Waals surface area contributed by atoms with Crippen LogP contribution in [0.2, 0.25) is 0 Å². The number of halogens is 1. The quantitative estimate of drug-likeness (QED) is 0.778. The zero-order chi connectivity index (χ0) is 8.81. The summed E-state index contributed by atoms with van der Waals surface area (Å²) >= 11 is 5.22. The molecule has 0 aliphatic carbocycles. The van der Waals surface area contributed by atoms with Crippen molar-refractivity contribution in [3.63, 3.8) is 0 Å². The van der Waals surface area contributed by atoms with Crippen LogP contribution in [-0.4, -0.2) is 19.6 Å². The average molecular weight is 249 g/mol. The number of hydrogen-bond donors (Lipinski definition) is 2. The number of nitrogens with two attached hydrogens (primary N) is 1. The van der Waals surface area contributed by atoms with Crippen molar-refractivity contribution >= 4 is 27.3 Å². The van der Waals surface area contributed by atoms with Gasteiger partial charge in [0.1, 0.15) is 0 Å². The van der Waals surface area contributed by atoms with Crippen LogP contribution in [-0.2, 0) is 6.42 Å². The molecule has 0 aromatic carbocycles. The van der Waals surface area contributed by atoms with Crippen molar-refractivity contribution in [2.75, 3.05) is 19.6 Å². The molecule has 0 spiro atoms. The van der Waals surface area contributed by atoms with Crippen molar-refractivity contribution in [3.8, 4) is 0 Å². The Morgan fingerprint density at radius 1 is 1.42 bits per heavy atom. The van der Waals surface area contributed by atoms with Gasteiger partial charge < -0.3 is 11.1 Å². The molecular formula is C8H13BrN2S. The highest BCUT2D eigenvalue weighted by atomic mass is 79.9. The van der Waals surface area contributed by atoms with Gasteiger partial charge in [-0.15, -0.1) is 11.3 Å². The Bertz CT molecular complexity index is 225. The summed E-state index contributed by atoms with van der Waals surface area (Å²) in [5.41, 5.74) is 5.34. The van der Waals surface area contributed by atoms with E-state index < -0.39 is 0 Å². The molecule has 4 heteroatoms. The molecule has 1 aromatic heterocycles. The summed E-state index contributed by atoms with van der Waals surface area (Å²) in [6.07, 6.45) is 1.09. The molecule has 0 bridgehead atoms. The third-order valence-electron chi connectivity index (χ3n) is 1.50. The van der Waals surface area contributed by atoms with E-state index in [0.717, 1.165) is 19.5 Å². The fourth-order valence-corrected chi connectivity index (χ4v) is 2.41. The molecule has 0 saturated heterocycles. The first-order valence-corrected chi connectivity index (χ1v) is 5.59. The maximum absolute atomic E-state index is 5.34. The summed E-state index contributed by atoms with van der Waals surface area (Å²) in [7, 11) is 0. The van der Waals surface area contributed by atoms with Crippen LogP contribution >= 0.6 is 27.3 Å². The molecular weight excluding hydrogens is 236 g/mol. The summed E-state index contributed by atoms with van der Waals surface area (Å²) in [4.78, 5) is 1.41. The van der Waals surface area contributed by atoms with Crippen LogP contribution in [0, 0.1) is 0 Å². The van der Waals surface area contributed by atoms with Crippen LogP contribution in [0.3, 0.4) is 0 Å². The zero-order valence-corrected chi connectivity index (χ0v) is 9.25. The van der Waals surface area contributed by atoms with Gasteiger partial charge in [0.25, 0.3) is 0 Å². The van der Waals surface area contributed by atoms with Gasteiger partial charge in [-0.05, 0) is 34.5 Å². The van der Waals surface area contributed by atoms with Crippen LogP contribution in [0.15, 0.2) is 15.9 Å². The second kappa shape index (κ2) is 5.70. The van der Waals surface area contributed by atoms with Gasteiger partial charge in [-0.2, -0.15) is 0 Å². The maximum atomic E-state index is 5.34. The summed E-state index contributed by atoms with van der Waals surface area (Å²) in [5, 5.41) is 3.26. The second-order valence-electron chi connectivity index (χ2n) is 2.49. The second-order valence-corrected chi connectivity index (χ2v) is 5.04. The van der Waals surface area contributed by atoms with Gasteiger partial charge in [0.05, 0.1) is 3.79 Å². The van der Waals surface area contributed by atoms with E-state index in [1.807, 2.05) is 0 Å². The van der Waals surface area contributed by atoms with Crippen molar-refractivity contribution in [1.82, 2.24) is 5.32 Å². The van der Waals surface area contributed by atoms with Crippen molar-refractivity contribution in [2.45, 2.75) is 6.42 Å². The predicted molar refractivity (Wildman–Crippen MR) is 57.6 cm³/mol. The molecule has 1 heterocycles. The van der Waals surface area contributed by atoms with Crippen LogP contribution < -0.4 is 11.1 Å². The SMILES string of the molecule is NCCNCCc1ccc(Br)s1. The predicted octanol–water partition coefficient (Wildman–Crippen LogP) is 1.60. The molecule has 1 aromatic rings. The molecule has 12 heavy (non-hydrogen) atoms. The fraction of sp³-hybridized carbons (Fsp3) is 0.500. The highest BCUT2D eigenvalue weighted by molar-refractivity contribution is 9.11. The number of hydrogen-bond acceptors (Lipinski definition) is 3. The lowest BCUT2D eigenvalue weighted by molar-refractivity contribution is 0.692. The van der Waals surface area contributed by atoms with Crippen LogP contribution in [0.5, 0.6) is 0 Å². The molecule has 3 N–H and O–H groups in total. The Kier molecular flexibility index (Phi) is 4.83. The van der Waals surface area contributed by atoms with E-state index in [-0.39, 0.29) is 0 Å². The molecule has 0 amide bonds. The van der Waals surface area contributed by atoms with E-state index in [9.17, 15) is 0 Å². The molecule has 0 fully saturated rings. The van der Waals surface area contributed by atoms with Gasteiger partial charge in [-0.25, -0.2) is 0 Å². The Morgan fingerprint density at radius 3 is 2.83 bits per heavy atom. The molecule has 2 nitrogen and oxygen atoms in total. The molecule has 0 aliphatic rings. The standard InChI is InChI=1S/C8H13BrN2S/c9-8-2-1-7(12-8)3-5-11-6-4-10/h1-2,11H,3-6,10H2. The summed E-state index contributed by atoms with van der Waals surface area (Å²) in [5.74, 6) is 0. The topological polar surface area (TPSA) is 38.0 Å². The average Bonchev–Trinajstić information content (AvgIpc) is 2.45. The molecule has 0 atom stereocenters. The first kappa shape index (κ1) is 10.2. The number of nitrogens with one attached hydrogen (secondary N) is 1. The highest BCUT2D eigenvalue weighted by Crippen LogP contribution is 2.21. The summed E-state index contributed by atoms with van der Waals surface area (Å²) < 4.78 is 1.20. The lowest BCUT2D eigenvalue weighted by atomic mass is 10.3. The van der Waals surface area contributed by atoms with E-state index in [0.29, 0.717) is 6.54 Å². The maximum Gasteiger partial charge on any atom is 0.0701 e. The number of thiophene rings is 1. The monoisotopic (exact) mass is 248 g/mol. The minimum atomic E-state index is 0.716. The lowest BCUT2D eigenvalue weighted by Gasteiger charge is -1.99. The third kappa shape index (κ3) is 3.67. The molecule has 0 radical (unpaired) electrons. The Hall–Kier alpha value is 0.1000. The van der Waals surface area contributed by atoms with E-state index >= 15 is 0 Å². The van der Waals surface area contributed by atoms with Gasteiger partial charge in [0.2, 0.25) is 0 Å². The lowest BCUT2D eigenvalue weighted by Crippen LogP contribution is -2.24. The van der Waals surface area contributed by atoms with Crippen molar-refractivity contribution in [1.29, 1.82) is 0 Å². The van der Waals surface area contributed by atoms with Crippen LogP contribution in [0.4, 0.5) is 0 Å². The van der Waals surface area contributed by atoms with Crippen molar-refractivity contribution in [3.05, 3.63) is 20.8 Å². The van der Waals surface area contributed by atoms with Crippen LogP contribution in [0.1, 0.15) is 4.88 Å². The molecule has 1 rings (SSSR count). The van der Waals surface area contributed by atoms with Gasteiger partial charge >= 0.3 is 0 Å². The largest absolute Gasteiger partial charge is 0.329 e. The van der Waals surface area contributed by atoms with E-state index in [4.69, 9.17) is 5.73 Å². The zero-order valence-electron chi connectivity index (χ0n) is 6.85. The Labute approximate surface area is 85.3 Å². The van der Waals surface area contributed by atoms with E-state index in [2.05, 4.69) is 33.4 Å². The minimum Gasteiger partial charge on any atom is -0.329 e. The first-order chi connectivity index (χ1) is 5.83. The molecule has 0 aliphatic heterocycles. The molecule has 0 saturated carbocycles. The Balaban J connectivity index is 2.15. The van der Waals surface area contributed by atoms with Crippen LogP contribution in [0.25, 0.3) is 0 Å². The normalized spacial score (nSPS) is 10.5. The number of rotatable bonds is 5. The van der Waals surface area contributed by atoms with Crippen molar-refractivity contribution < 1.29 is 0 Å². The summed E-state index contributed by atoms with van der Waals surface area (Å²) in [6.45, 7) is 2.64. The highest BCUT2D eigenvalue weighted by Gasteiger charge is 1.95. The van der Waals surface area contributed by atoms with Gasteiger partial charge in [0.15, 0.2) is 0 Å².